The minimum Gasteiger partial charge on any atom is -0.466 e. The van der Waals surface area contributed by atoms with Crippen LogP contribution in [0.5, 0.6) is 0 Å². The molecule has 1 rings (SSSR count). The summed E-state index contributed by atoms with van der Waals surface area (Å²) >= 11 is 0. The van der Waals surface area contributed by atoms with Gasteiger partial charge < -0.3 is 4.74 Å². The fourth-order valence-electron chi connectivity index (χ4n) is 2.64. The molecule has 0 bridgehead atoms. The lowest BCUT2D eigenvalue weighted by Crippen LogP contribution is -2.13. The van der Waals surface area contributed by atoms with Crippen molar-refractivity contribution in [1.82, 2.24) is 0 Å². The van der Waals surface area contributed by atoms with Gasteiger partial charge in [-0.15, -0.1) is 0 Å². The van der Waals surface area contributed by atoms with Gasteiger partial charge in [0.15, 0.2) is 0 Å². The highest BCUT2D eigenvalue weighted by Gasteiger charge is 2.33. The van der Waals surface area contributed by atoms with Crippen molar-refractivity contribution in [2.24, 2.45) is 11.8 Å². The topological polar surface area (TPSA) is 67.2 Å². The van der Waals surface area contributed by atoms with Crippen molar-refractivity contribution in [3.63, 3.8) is 0 Å². The van der Waals surface area contributed by atoms with Crippen LogP contribution in [0.2, 0.25) is 0 Å². The Morgan fingerprint density at radius 2 is 2.00 bits per heavy atom. The van der Waals surface area contributed by atoms with E-state index in [-0.39, 0.29) is 23.6 Å². The highest BCUT2D eigenvalue weighted by Crippen LogP contribution is 2.32. The van der Waals surface area contributed by atoms with E-state index in [2.05, 4.69) is 6.07 Å². The van der Waals surface area contributed by atoms with E-state index in [0.717, 1.165) is 44.9 Å². The fourth-order valence-corrected chi connectivity index (χ4v) is 2.64. The number of esters is 1. The quantitative estimate of drug-likeness (QED) is 0.500. The Labute approximate surface area is 115 Å². The number of carbonyl (C=O) groups excluding carboxylic acids is 2. The molecule has 0 aromatic heterocycles. The van der Waals surface area contributed by atoms with E-state index < -0.39 is 0 Å². The van der Waals surface area contributed by atoms with Crippen molar-refractivity contribution in [3.05, 3.63) is 0 Å². The first-order valence-electron chi connectivity index (χ1n) is 7.21. The fraction of sp³-hybridized carbons (Fsp3) is 0.800. The first-order chi connectivity index (χ1) is 9.15. The van der Waals surface area contributed by atoms with Gasteiger partial charge in [0.1, 0.15) is 5.78 Å². The van der Waals surface area contributed by atoms with Crippen molar-refractivity contribution in [3.8, 4) is 6.07 Å². The highest BCUT2D eigenvalue weighted by atomic mass is 16.5. The van der Waals surface area contributed by atoms with Crippen LogP contribution in [0.4, 0.5) is 0 Å². The molecule has 0 radical (unpaired) electrons. The minimum absolute atomic E-state index is 0.00829. The first-order valence-corrected chi connectivity index (χ1v) is 7.21. The van der Waals surface area contributed by atoms with E-state index in [4.69, 9.17) is 10.00 Å². The third-order valence-corrected chi connectivity index (χ3v) is 3.73. The second-order valence-corrected chi connectivity index (χ2v) is 5.24. The number of ether oxygens (including phenoxy) is 1. The Morgan fingerprint density at radius 3 is 2.68 bits per heavy atom. The second-order valence-electron chi connectivity index (χ2n) is 5.24. The Kier molecular flexibility index (Phi) is 7.17. The van der Waals surface area contributed by atoms with E-state index in [1.165, 1.54) is 6.92 Å². The van der Waals surface area contributed by atoms with Crippen molar-refractivity contribution >= 4 is 11.8 Å². The molecule has 2 unspecified atom stereocenters. The number of hydrogen-bond acceptors (Lipinski definition) is 4. The lowest BCUT2D eigenvalue weighted by molar-refractivity contribution is -0.141. The van der Waals surface area contributed by atoms with E-state index in [0.29, 0.717) is 13.0 Å². The van der Waals surface area contributed by atoms with Crippen LogP contribution in [0.3, 0.4) is 0 Å². The van der Waals surface area contributed by atoms with Gasteiger partial charge in [-0.1, -0.05) is 25.7 Å². The summed E-state index contributed by atoms with van der Waals surface area (Å²) in [5.41, 5.74) is 0. The van der Waals surface area contributed by atoms with Gasteiger partial charge in [0, 0.05) is 19.3 Å². The number of unbranched alkanes of at least 4 members (excludes halogenated alkanes) is 4. The number of nitriles is 1. The van der Waals surface area contributed by atoms with E-state index in [1.54, 1.807) is 0 Å². The smallest absolute Gasteiger partial charge is 0.302 e. The van der Waals surface area contributed by atoms with E-state index >= 15 is 0 Å². The van der Waals surface area contributed by atoms with Crippen molar-refractivity contribution in [2.45, 2.75) is 58.3 Å². The molecule has 0 saturated heterocycles. The van der Waals surface area contributed by atoms with Gasteiger partial charge >= 0.3 is 5.97 Å². The molecule has 0 heterocycles. The molecule has 0 N–H and O–H groups in total. The number of nitrogens with zero attached hydrogens (tertiary/aromatic N) is 1. The Morgan fingerprint density at radius 1 is 1.32 bits per heavy atom. The van der Waals surface area contributed by atoms with Crippen LogP contribution in [-0.2, 0) is 14.3 Å². The van der Waals surface area contributed by atoms with Crippen molar-refractivity contribution < 1.29 is 14.3 Å². The zero-order valence-electron chi connectivity index (χ0n) is 11.7. The van der Waals surface area contributed by atoms with Gasteiger partial charge in [-0.3, -0.25) is 9.59 Å². The van der Waals surface area contributed by atoms with Gasteiger partial charge in [-0.25, -0.2) is 0 Å². The molecule has 4 nitrogen and oxygen atoms in total. The van der Waals surface area contributed by atoms with Crippen LogP contribution >= 0.6 is 0 Å². The first kappa shape index (κ1) is 15.7. The second kappa shape index (κ2) is 8.68. The minimum atomic E-state index is -0.220. The number of rotatable bonds is 8. The standard InChI is InChI=1S/C15H23NO3/c1-12(17)19-10-6-4-2-3-5-7-14-13(11-16)8-9-15(14)18/h13-14H,2-10H2,1H3. The monoisotopic (exact) mass is 265 g/mol. The lowest BCUT2D eigenvalue weighted by Gasteiger charge is -2.11. The molecule has 0 aliphatic heterocycles. The third kappa shape index (κ3) is 5.87. The molecule has 2 atom stereocenters. The predicted octanol–water partition coefficient (Wildman–Crippen LogP) is 3.01. The maximum atomic E-state index is 11.6. The summed E-state index contributed by atoms with van der Waals surface area (Å²) in [4.78, 5) is 22.1. The van der Waals surface area contributed by atoms with E-state index in [9.17, 15) is 9.59 Å². The van der Waals surface area contributed by atoms with Gasteiger partial charge in [0.05, 0.1) is 18.6 Å². The molecule has 1 aliphatic rings. The van der Waals surface area contributed by atoms with Crippen LogP contribution in [0, 0.1) is 23.2 Å². The largest absolute Gasteiger partial charge is 0.466 e. The van der Waals surface area contributed by atoms with Crippen LogP contribution in [0.1, 0.15) is 58.3 Å². The SMILES string of the molecule is CC(=O)OCCCCCCCC1C(=O)CCC1C#N. The number of hydrogen-bond donors (Lipinski definition) is 0. The Hall–Kier alpha value is -1.37. The summed E-state index contributed by atoms with van der Waals surface area (Å²) in [7, 11) is 0. The van der Waals surface area contributed by atoms with Crippen molar-refractivity contribution in [1.29, 1.82) is 5.26 Å². The molecule has 1 aliphatic carbocycles. The van der Waals surface area contributed by atoms with Gasteiger partial charge in [0.2, 0.25) is 0 Å². The average molecular weight is 265 g/mol. The van der Waals surface area contributed by atoms with Crippen LogP contribution < -0.4 is 0 Å². The molecule has 19 heavy (non-hydrogen) atoms. The van der Waals surface area contributed by atoms with Gasteiger partial charge in [-0.05, 0) is 19.3 Å². The molecule has 0 aromatic carbocycles. The summed E-state index contributed by atoms with van der Waals surface area (Å²) in [6.45, 7) is 1.93. The van der Waals surface area contributed by atoms with Gasteiger partial charge in [-0.2, -0.15) is 5.26 Å². The molecule has 0 spiro atoms. The van der Waals surface area contributed by atoms with Crippen molar-refractivity contribution in [2.75, 3.05) is 6.61 Å². The van der Waals surface area contributed by atoms with Crippen LogP contribution in [0.25, 0.3) is 0 Å². The molecule has 1 saturated carbocycles. The normalized spacial score (nSPS) is 22.2. The molecule has 0 amide bonds. The highest BCUT2D eigenvalue weighted by molar-refractivity contribution is 5.83. The molecule has 4 heteroatoms. The van der Waals surface area contributed by atoms with Crippen LogP contribution in [-0.4, -0.2) is 18.4 Å². The summed E-state index contributed by atoms with van der Waals surface area (Å²) in [6, 6.07) is 2.25. The lowest BCUT2D eigenvalue weighted by atomic mass is 9.91. The summed E-state index contributed by atoms with van der Waals surface area (Å²) in [6.07, 6.45) is 7.36. The van der Waals surface area contributed by atoms with Gasteiger partial charge in [0.25, 0.3) is 0 Å². The molecule has 0 aromatic rings. The Balaban J connectivity index is 2.00. The molecular formula is C15H23NO3. The molecule has 1 fully saturated rings. The zero-order valence-corrected chi connectivity index (χ0v) is 11.7. The molecular weight excluding hydrogens is 242 g/mol. The van der Waals surface area contributed by atoms with Crippen LogP contribution in [0.15, 0.2) is 0 Å². The Bertz CT molecular complexity index is 346. The number of ketones is 1. The predicted molar refractivity (Wildman–Crippen MR) is 71.2 cm³/mol. The summed E-state index contributed by atoms with van der Waals surface area (Å²) in [5.74, 6) is 0.00575. The van der Waals surface area contributed by atoms with E-state index in [1.807, 2.05) is 0 Å². The average Bonchev–Trinajstić information content (AvgIpc) is 2.73. The third-order valence-electron chi connectivity index (χ3n) is 3.73. The summed E-state index contributed by atoms with van der Waals surface area (Å²) in [5, 5.41) is 8.96. The zero-order chi connectivity index (χ0) is 14.1. The maximum Gasteiger partial charge on any atom is 0.302 e. The molecule has 106 valence electrons. The summed E-state index contributed by atoms with van der Waals surface area (Å²) < 4.78 is 4.85. The number of Topliss-reactive ketones (excluding diaryl/α,β-unsaturated/α-hetero) is 1. The number of carbonyl (C=O) groups is 2. The maximum absolute atomic E-state index is 11.6.